The van der Waals surface area contributed by atoms with E-state index < -0.39 is 0 Å². The number of nitrogens with zero attached hydrogens (tertiary/aromatic N) is 3. The Morgan fingerprint density at radius 1 is 1.28 bits per heavy atom. The van der Waals surface area contributed by atoms with Crippen molar-refractivity contribution in [1.29, 1.82) is 0 Å². The second-order valence-electron chi connectivity index (χ2n) is 6.30. The number of imidazole rings is 1. The quantitative estimate of drug-likeness (QED) is 0.511. The smallest absolute Gasteiger partial charge is 0.238 e. The number of H-pyrrole nitrogens is 1. The molecule has 148 valence electrons. The summed E-state index contributed by atoms with van der Waals surface area (Å²) >= 11 is 0. The molecule has 4 N–H and O–H groups in total. The highest BCUT2D eigenvalue weighted by molar-refractivity contribution is 6.21. The molecule has 0 saturated heterocycles. The molecule has 8 nitrogen and oxygen atoms in total. The number of hydrogen-bond donors (Lipinski definition) is 4. The Balaban J connectivity index is 0.00000240. The number of hydrogen-bond acceptors (Lipinski definition) is 6. The van der Waals surface area contributed by atoms with Crippen molar-refractivity contribution in [3.63, 3.8) is 0 Å². The molecule has 0 fully saturated rings. The third-order valence-corrected chi connectivity index (χ3v) is 4.14. The van der Waals surface area contributed by atoms with Crippen molar-refractivity contribution < 1.29 is 9.90 Å². The van der Waals surface area contributed by atoms with Crippen molar-refractivity contribution >= 4 is 53.6 Å². The van der Waals surface area contributed by atoms with E-state index in [2.05, 4.69) is 30.6 Å². The van der Waals surface area contributed by atoms with Gasteiger partial charge >= 0.3 is 0 Å². The topological polar surface area (TPSA) is 115 Å². The van der Waals surface area contributed by atoms with Gasteiger partial charge in [-0.1, -0.05) is 30.3 Å². The number of benzene rings is 1. The highest BCUT2D eigenvalue weighted by Crippen LogP contribution is 2.33. The lowest BCUT2D eigenvalue weighted by Gasteiger charge is -2.04. The summed E-state index contributed by atoms with van der Waals surface area (Å²) in [5, 5.41) is 16.0. The van der Waals surface area contributed by atoms with Gasteiger partial charge in [0.15, 0.2) is 5.82 Å². The Morgan fingerprint density at radius 3 is 2.83 bits per heavy atom. The van der Waals surface area contributed by atoms with Crippen molar-refractivity contribution in [2.45, 2.75) is 13.5 Å². The Bertz CT molecular complexity index is 1090. The predicted octanol–water partition coefficient (Wildman–Crippen LogP) is 3.76. The maximum Gasteiger partial charge on any atom is 0.238 e. The second kappa shape index (κ2) is 8.57. The second-order valence-corrected chi connectivity index (χ2v) is 6.30. The van der Waals surface area contributed by atoms with E-state index in [0.717, 1.165) is 16.7 Å². The Morgan fingerprint density at radius 2 is 2.07 bits per heavy atom. The molecule has 1 amide bonds. The monoisotopic (exact) mass is 410 g/mol. The fourth-order valence-corrected chi connectivity index (χ4v) is 2.86. The highest BCUT2D eigenvalue weighted by atomic mass is 35.5. The molecule has 1 aliphatic heterocycles. The molecule has 1 aliphatic rings. The molecule has 29 heavy (non-hydrogen) atoms. The van der Waals surface area contributed by atoms with Gasteiger partial charge in [0.2, 0.25) is 17.7 Å². The minimum atomic E-state index is -0.175. The fourth-order valence-electron chi connectivity index (χ4n) is 2.86. The number of aliphatic imine (C=N–C) groups is 1. The molecular weight excluding hydrogens is 392 g/mol. The van der Waals surface area contributed by atoms with Crippen LogP contribution in [0.4, 0.5) is 17.5 Å². The molecule has 0 atom stereocenters. The lowest BCUT2D eigenvalue weighted by molar-refractivity contribution is -0.114. The number of anilines is 2. The van der Waals surface area contributed by atoms with Gasteiger partial charge in [-0.25, -0.2) is 9.98 Å². The summed E-state index contributed by atoms with van der Waals surface area (Å²) in [5.41, 5.74) is 3.66. The first-order valence-electron chi connectivity index (χ1n) is 8.69. The molecule has 0 bridgehead atoms. The number of aromatic hydroxyl groups is 1. The van der Waals surface area contributed by atoms with E-state index in [1.54, 1.807) is 24.6 Å². The summed E-state index contributed by atoms with van der Waals surface area (Å²) in [6.45, 7) is 2.02. The first-order chi connectivity index (χ1) is 13.6. The Labute approximate surface area is 173 Å². The van der Waals surface area contributed by atoms with E-state index >= 15 is 0 Å². The van der Waals surface area contributed by atoms with Crippen molar-refractivity contribution in [2.75, 3.05) is 10.6 Å². The van der Waals surface area contributed by atoms with Crippen LogP contribution in [0, 0.1) is 0 Å². The van der Waals surface area contributed by atoms with Crippen LogP contribution < -0.4 is 10.6 Å². The van der Waals surface area contributed by atoms with Crippen LogP contribution in [0.25, 0.3) is 11.6 Å². The maximum absolute atomic E-state index is 11.3. The van der Waals surface area contributed by atoms with Crippen LogP contribution in [0.1, 0.15) is 23.7 Å². The zero-order valence-corrected chi connectivity index (χ0v) is 16.3. The molecule has 1 aromatic carbocycles. The Hall–Kier alpha value is -3.65. The summed E-state index contributed by atoms with van der Waals surface area (Å²) in [4.78, 5) is 26.9. The number of aromatic nitrogens is 3. The van der Waals surface area contributed by atoms with Gasteiger partial charge in [-0.05, 0) is 17.7 Å². The van der Waals surface area contributed by atoms with E-state index in [4.69, 9.17) is 0 Å². The number of fused-ring (bicyclic) bond motifs is 1. The van der Waals surface area contributed by atoms with Gasteiger partial charge in [0, 0.05) is 30.8 Å². The van der Waals surface area contributed by atoms with Crippen molar-refractivity contribution in [3.05, 3.63) is 59.4 Å². The summed E-state index contributed by atoms with van der Waals surface area (Å²) in [5.74, 6) is 0.734. The maximum atomic E-state index is 11.3. The molecule has 9 heteroatoms. The number of allylic oxidation sites excluding steroid dienone is 1. The van der Waals surface area contributed by atoms with Crippen LogP contribution in [0.15, 0.2) is 47.6 Å². The zero-order valence-electron chi connectivity index (χ0n) is 15.5. The zero-order chi connectivity index (χ0) is 19.5. The van der Waals surface area contributed by atoms with Crippen LogP contribution >= 0.6 is 12.4 Å². The van der Waals surface area contributed by atoms with Gasteiger partial charge in [-0.3, -0.25) is 4.79 Å². The molecule has 4 rings (SSSR count). The van der Waals surface area contributed by atoms with Crippen molar-refractivity contribution in [1.82, 2.24) is 15.0 Å². The van der Waals surface area contributed by atoms with E-state index in [9.17, 15) is 9.90 Å². The molecule has 3 heterocycles. The van der Waals surface area contributed by atoms with Crippen LogP contribution in [-0.2, 0) is 11.3 Å². The number of nitrogens with one attached hydrogen (secondary N) is 3. The molecule has 2 aromatic heterocycles. The normalized spacial score (nSPS) is 13.1. The van der Waals surface area contributed by atoms with Crippen molar-refractivity contribution in [3.8, 4) is 5.88 Å². The molecule has 0 unspecified atom stereocenters. The number of carbonyl (C=O) groups is 1. The van der Waals surface area contributed by atoms with Crippen LogP contribution in [-0.4, -0.2) is 32.2 Å². The van der Waals surface area contributed by atoms with Crippen LogP contribution in [0.5, 0.6) is 5.88 Å². The van der Waals surface area contributed by atoms with Gasteiger partial charge < -0.3 is 20.7 Å². The number of pyridine rings is 1. The number of aromatic amines is 1. The lowest BCUT2D eigenvalue weighted by atomic mass is 10.1. The summed E-state index contributed by atoms with van der Waals surface area (Å²) < 4.78 is 0. The van der Waals surface area contributed by atoms with E-state index in [1.165, 1.54) is 6.92 Å². The van der Waals surface area contributed by atoms with Gasteiger partial charge in [-0.15, -0.1) is 12.4 Å². The largest absolute Gasteiger partial charge is 0.492 e. The molecule has 0 aliphatic carbocycles. The first kappa shape index (κ1) is 20.1. The van der Waals surface area contributed by atoms with Crippen molar-refractivity contribution in [2.24, 2.45) is 4.99 Å². The summed E-state index contributed by atoms with van der Waals surface area (Å²) in [7, 11) is 0. The number of rotatable bonds is 5. The third-order valence-electron chi connectivity index (χ3n) is 4.14. The minimum absolute atomic E-state index is 0. The number of carbonyl (C=O) groups excluding carboxylic acids is 1. The molecular formula is C20H19ClN6O2. The average Bonchev–Trinajstić information content (AvgIpc) is 3.24. The number of amides is 1. The fraction of sp³-hybridized carbons (Fsp3) is 0.100. The standard InChI is InChI=1S/C20H18N6O2.ClH/c1-12(27)24-15-8-16-14(10-21-18(16)22-11-15)7-17-19(28)26-20(25-17)23-9-13-5-3-2-4-6-13;/h2-8,10-11,28H,9H2,1H3,(H,24,27)(H2,23,25,26);1H. The molecule has 0 saturated carbocycles. The van der Waals surface area contributed by atoms with Crippen LogP contribution in [0.2, 0.25) is 0 Å². The van der Waals surface area contributed by atoms with E-state index in [-0.39, 0.29) is 24.2 Å². The van der Waals surface area contributed by atoms with Gasteiger partial charge in [-0.2, -0.15) is 4.98 Å². The number of halogens is 1. The minimum Gasteiger partial charge on any atom is -0.492 e. The molecule has 0 radical (unpaired) electrons. The highest BCUT2D eigenvalue weighted by Gasteiger charge is 2.16. The summed E-state index contributed by atoms with van der Waals surface area (Å²) in [6, 6.07) is 11.7. The SMILES string of the molecule is CC(=O)Nc1cnc2c(c1)C(=Cc1[nH]c(NCc3ccccc3)nc1O)C=N2.Cl. The van der Waals surface area contributed by atoms with Gasteiger partial charge in [0.1, 0.15) is 5.69 Å². The molecule has 0 spiro atoms. The van der Waals surface area contributed by atoms with E-state index in [0.29, 0.717) is 29.7 Å². The summed E-state index contributed by atoms with van der Waals surface area (Å²) in [6.07, 6.45) is 4.96. The van der Waals surface area contributed by atoms with Crippen LogP contribution in [0.3, 0.4) is 0 Å². The Kier molecular flexibility index (Phi) is 5.94. The van der Waals surface area contributed by atoms with E-state index in [1.807, 2.05) is 30.3 Å². The average molecular weight is 411 g/mol. The third kappa shape index (κ3) is 4.61. The predicted molar refractivity (Wildman–Crippen MR) is 116 cm³/mol. The van der Waals surface area contributed by atoms with Gasteiger partial charge in [0.25, 0.3) is 0 Å². The van der Waals surface area contributed by atoms with Gasteiger partial charge in [0.05, 0.1) is 11.9 Å². The lowest BCUT2D eigenvalue weighted by Crippen LogP contribution is -2.06. The first-order valence-corrected chi connectivity index (χ1v) is 8.69. The molecule has 3 aromatic rings.